The van der Waals surface area contributed by atoms with Crippen LogP contribution in [0.4, 0.5) is 37.7 Å². The van der Waals surface area contributed by atoms with Gasteiger partial charge in [-0.25, -0.2) is 0 Å². The summed E-state index contributed by atoms with van der Waals surface area (Å²) in [5.74, 6) is -2.64. The molecule has 0 spiro atoms. The van der Waals surface area contributed by atoms with Crippen LogP contribution in [0.5, 0.6) is 0 Å². The van der Waals surface area contributed by atoms with E-state index in [1.165, 1.54) is 0 Å². The summed E-state index contributed by atoms with van der Waals surface area (Å²) in [5, 5.41) is 4.11. The van der Waals surface area contributed by atoms with Crippen molar-refractivity contribution in [3.8, 4) is 0 Å². The zero-order valence-corrected chi connectivity index (χ0v) is 15.5. The number of aryl methyl sites for hydroxylation is 3. The van der Waals surface area contributed by atoms with E-state index in [1.807, 2.05) is 6.92 Å². The Bertz CT molecular complexity index is 909. The summed E-state index contributed by atoms with van der Waals surface area (Å²) < 4.78 is 77.3. The number of nitrogens with one attached hydrogen (secondary N) is 2. The van der Waals surface area contributed by atoms with Crippen LogP contribution in [-0.4, -0.2) is 11.8 Å². The number of amides is 2. The van der Waals surface area contributed by atoms with Crippen LogP contribution in [0, 0.1) is 20.8 Å². The zero-order chi connectivity index (χ0) is 22.1. The van der Waals surface area contributed by atoms with Crippen LogP contribution in [0.15, 0.2) is 30.3 Å². The van der Waals surface area contributed by atoms with E-state index in [4.69, 9.17) is 0 Å². The van der Waals surface area contributed by atoms with Gasteiger partial charge in [-0.2, -0.15) is 26.3 Å². The van der Waals surface area contributed by atoms with Crippen molar-refractivity contribution in [3.63, 3.8) is 0 Å². The number of hydrogen-bond donors (Lipinski definition) is 2. The maximum absolute atomic E-state index is 12.9. The highest BCUT2D eigenvalue weighted by molar-refractivity contribution is 6.43. The van der Waals surface area contributed by atoms with Gasteiger partial charge in [0.1, 0.15) is 0 Å². The van der Waals surface area contributed by atoms with Gasteiger partial charge in [-0.3, -0.25) is 9.59 Å². The fourth-order valence-corrected chi connectivity index (χ4v) is 2.76. The van der Waals surface area contributed by atoms with Gasteiger partial charge in [0, 0.05) is 11.4 Å². The highest BCUT2D eigenvalue weighted by Gasteiger charge is 2.37. The van der Waals surface area contributed by atoms with Crippen molar-refractivity contribution in [1.82, 2.24) is 0 Å². The minimum Gasteiger partial charge on any atom is -0.318 e. The molecule has 10 heteroatoms. The van der Waals surface area contributed by atoms with Crippen LogP contribution in [-0.2, 0) is 21.9 Å². The molecule has 0 atom stereocenters. The first-order valence-corrected chi connectivity index (χ1v) is 8.18. The average Bonchev–Trinajstić information content (AvgIpc) is 2.55. The van der Waals surface area contributed by atoms with Crippen LogP contribution in [0.1, 0.15) is 27.8 Å². The summed E-state index contributed by atoms with van der Waals surface area (Å²) in [7, 11) is 0. The van der Waals surface area contributed by atoms with Gasteiger partial charge in [0.2, 0.25) is 0 Å². The van der Waals surface area contributed by atoms with E-state index in [0.29, 0.717) is 28.9 Å². The van der Waals surface area contributed by atoms with E-state index in [9.17, 15) is 35.9 Å². The Morgan fingerprint density at radius 3 is 1.52 bits per heavy atom. The van der Waals surface area contributed by atoms with Gasteiger partial charge in [0.15, 0.2) is 0 Å². The molecule has 2 rings (SSSR count). The van der Waals surface area contributed by atoms with E-state index in [2.05, 4.69) is 5.32 Å². The molecule has 0 radical (unpaired) electrons. The molecule has 156 valence electrons. The molecule has 2 amide bonds. The molecule has 0 aliphatic heterocycles. The summed E-state index contributed by atoms with van der Waals surface area (Å²) in [6.45, 7) is 5.18. The Hall–Kier alpha value is -3.04. The number of hydrogen-bond acceptors (Lipinski definition) is 2. The highest BCUT2D eigenvalue weighted by atomic mass is 19.4. The minimum absolute atomic E-state index is 0.0747. The lowest BCUT2D eigenvalue weighted by molar-refractivity contribution is -0.143. The largest absolute Gasteiger partial charge is 0.416 e. The minimum atomic E-state index is -5.07. The Kier molecular flexibility index (Phi) is 5.96. The highest BCUT2D eigenvalue weighted by Crippen LogP contribution is 2.37. The quantitative estimate of drug-likeness (QED) is 0.519. The Balaban J connectivity index is 2.29. The number of anilines is 2. The summed E-state index contributed by atoms with van der Waals surface area (Å²) in [5.41, 5.74) is -1.49. The first-order valence-electron chi connectivity index (χ1n) is 8.18. The van der Waals surface area contributed by atoms with Crippen molar-refractivity contribution in [2.24, 2.45) is 0 Å². The summed E-state index contributed by atoms with van der Waals surface area (Å²) in [6.07, 6.45) is -10.1. The number of rotatable bonds is 2. The first kappa shape index (κ1) is 22.3. The molecule has 29 heavy (non-hydrogen) atoms. The smallest absolute Gasteiger partial charge is 0.318 e. The predicted molar refractivity (Wildman–Crippen MR) is 94.4 cm³/mol. The molecule has 0 fully saturated rings. The molecule has 2 aromatic rings. The number of carbonyl (C=O) groups excluding carboxylic acids is 2. The lowest BCUT2D eigenvalue weighted by atomic mass is 10.1. The monoisotopic (exact) mass is 418 g/mol. The van der Waals surface area contributed by atoms with E-state index in [1.54, 1.807) is 31.3 Å². The van der Waals surface area contributed by atoms with Crippen LogP contribution >= 0.6 is 0 Å². The molecule has 0 bridgehead atoms. The number of benzene rings is 2. The lowest BCUT2D eigenvalue weighted by Gasteiger charge is -2.15. The van der Waals surface area contributed by atoms with Crippen molar-refractivity contribution in [2.75, 3.05) is 10.6 Å². The normalized spacial score (nSPS) is 11.9. The van der Waals surface area contributed by atoms with Gasteiger partial charge in [-0.1, -0.05) is 17.7 Å². The standard InChI is InChI=1S/C19H16F6N2O2/c1-9-4-10(2)15(11(3)5-9)27-17(29)16(28)26-14-7-12(18(20,21)22)6-13(8-14)19(23,24)25/h4-8H,1-3H3,(H,26,28)(H,27,29). The summed E-state index contributed by atoms with van der Waals surface area (Å²) >= 11 is 0. The molecule has 0 aliphatic carbocycles. The number of alkyl halides is 6. The topological polar surface area (TPSA) is 58.2 Å². The molecule has 0 heterocycles. The Morgan fingerprint density at radius 1 is 0.690 bits per heavy atom. The third-order valence-corrected chi connectivity index (χ3v) is 3.97. The predicted octanol–water partition coefficient (Wildman–Crippen LogP) is 5.23. The van der Waals surface area contributed by atoms with Crippen LogP contribution in [0.3, 0.4) is 0 Å². The van der Waals surface area contributed by atoms with Crippen molar-refractivity contribution in [1.29, 1.82) is 0 Å². The van der Waals surface area contributed by atoms with E-state index in [0.717, 1.165) is 5.56 Å². The average molecular weight is 418 g/mol. The molecular weight excluding hydrogens is 402 g/mol. The van der Waals surface area contributed by atoms with Crippen molar-refractivity contribution in [3.05, 3.63) is 58.1 Å². The van der Waals surface area contributed by atoms with Gasteiger partial charge in [-0.05, 0) is 50.1 Å². The van der Waals surface area contributed by atoms with E-state index < -0.39 is 41.0 Å². The van der Waals surface area contributed by atoms with Gasteiger partial charge in [0.05, 0.1) is 11.1 Å². The van der Waals surface area contributed by atoms with Gasteiger partial charge in [0.25, 0.3) is 0 Å². The number of carbonyl (C=O) groups is 2. The van der Waals surface area contributed by atoms with Crippen LogP contribution in [0.2, 0.25) is 0 Å². The summed E-state index contributed by atoms with van der Waals surface area (Å²) in [6, 6.07) is 4.05. The molecule has 2 N–H and O–H groups in total. The molecule has 4 nitrogen and oxygen atoms in total. The van der Waals surface area contributed by atoms with Gasteiger partial charge < -0.3 is 10.6 Å². The second kappa shape index (κ2) is 7.76. The molecule has 0 saturated heterocycles. The van der Waals surface area contributed by atoms with Gasteiger partial charge >= 0.3 is 24.2 Å². The van der Waals surface area contributed by atoms with Crippen molar-refractivity contribution < 1.29 is 35.9 Å². The number of halogens is 6. The lowest BCUT2D eigenvalue weighted by Crippen LogP contribution is -2.30. The van der Waals surface area contributed by atoms with Crippen LogP contribution in [0.25, 0.3) is 0 Å². The maximum atomic E-state index is 12.9. The fourth-order valence-electron chi connectivity index (χ4n) is 2.76. The Morgan fingerprint density at radius 2 is 1.10 bits per heavy atom. The fraction of sp³-hybridized carbons (Fsp3) is 0.263. The second-order valence-corrected chi connectivity index (χ2v) is 6.48. The second-order valence-electron chi connectivity index (χ2n) is 6.48. The van der Waals surface area contributed by atoms with Gasteiger partial charge in [-0.15, -0.1) is 0 Å². The van der Waals surface area contributed by atoms with Crippen LogP contribution < -0.4 is 10.6 Å². The first-order chi connectivity index (χ1) is 13.2. The van der Waals surface area contributed by atoms with Crippen molar-refractivity contribution in [2.45, 2.75) is 33.1 Å². The van der Waals surface area contributed by atoms with E-state index in [-0.39, 0.29) is 6.07 Å². The molecule has 0 aromatic heterocycles. The third kappa shape index (κ3) is 5.49. The van der Waals surface area contributed by atoms with E-state index >= 15 is 0 Å². The molecule has 0 aliphatic rings. The zero-order valence-electron chi connectivity index (χ0n) is 15.5. The SMILES string of the molecule is Cc1cc(C)c(NC(=O)C(=O)Nc2cc(C(F)(F)F)cc(C(F)(F)F)c2)c(C)c1. The molecule has 0 saturated carbocycles. The van der Waals surface area contributed by atoms with Crippen molar-refractivity contribution >= 4 is 23.2 Å². The third-order valence-electron chi connectivity index (χ3n) is 3.97. The molecule has 0 unspecified atom stereocenters. The Labute approximate surface area is 161 Å². The summed E-state index contributed by atoms with van der Waals surface area (Å²) in [4.78, 5) is 24.1. The maximum Gasteiger partial charge on any atom is 0.416 e. The molecule has 2 aromatic carbocycles. The molecular formula is C19H16F6N2O2.